The highest BCUT2D eigenvalue weighted by Crippen LogP contribution is 2.34. The number of H-pyrrole nitrogens is 1. The first-order valence-corrected chi connectivity index (χ1v) is 6.91. The highest BCUT2D eigenvalue weighted by atomic mass is 79.9. The lowest BCUT2D eigenvalue weighted by atomic mass is 10.00. The summed E-state index contributed by atoms with van der Waals surface area (Å²) in [6, 6.07) is 4.03. The van der Waals surface area contributed by atoms with E-state index in [0.29, 0.717) is 0 Å². The zero-order valence-corrected chi connectivity index (χ0v) is 13.2. The van der Waals surface area contributed by atoms with Crippen LogP contribution in [-0.4, -0.2) is 24.4 Å². The van der Waals surface area contributed by atoms with Crippen molar-refractivity contribution in [3.8, 4) is 17.0 Å². The number of nitrogens with zero attached hydrogens (tertiary/aromatic N) is 1. The Morgan fingerprint density at radius 1 is 1.32 bits per heavy atom. The summed E-state index contributed by atoms with van der Waals surface area (Å²) in [6.45, 7) is 4.90. The molecule has 0 aliphatic carbocycles. The van der Waals surface area contributed by atoms with Gasteiger partial charge in [0.1, 0.15) is 11.4 Å². The van der Waals surface area contributed by atoms with E-state index < -0.39 is 0 Å². The molecule has 0 radical (unpaired) electrons. The average Bonchev–Trinajstić information content (AvgIpc) is 2.75. The Hall–Kier alpha value is -1.33. The van der Waals surface area contributed by atoms with Gasteiger partial charge in [0.25, 0.3) is 0 Å². The highest BCUT2D eigenvalue weighted by molar-refractivity contribution is 9.10. The van der Waals surface area contributed by atoms with Gasteiger partial charge in [0.05, 0.1) is 17.3 Å². The van der Waals surface area contributed by atoms with Crippen LogP contribution < -0.4 is 10.1 Å². The Bertz CT molecular complexity index is 593. The number of ether oxygens (including phenoxy) is 1. The molecule has 4 nitrogen and oxygen atoms in total. The first-order valence-electron chi connectivity index (χ1n) is 6.12. The van der Waals surface area contributed by atoms with Crippen molar-refractivity contribution in [2.75, 3.05) is 14.2 Å². The number of hydrogen-bond donors (Lipinski definition) is 2. The third-order valence-corrected chi connectivity index (χ3v) is 4.20. The van der Waals surface area contributed by atoms with Crippen LogP contribution in [0.1, 0.15) is 16.8 Å². The molecule has 0 aliphatic rings. The van der Waals surface area contributed by atoms with Crippen molar-refractivity contribution < 1.29 is 4.74 Å². The maximum atomic E-state index is 5.34. The maximum Gasteiger partial charge on any atom is 0.122 e. The van der Waals surface area contributed by atoms with Crippen LogP contribution in [0, 0.1) is 13.8 Å². The molecule has 2 N–H and O–H groups in total. The van der Waals surface area contributed by atoms with Crippen LogP contribution in [0.4, 0.5) is 0 Å². The second-order valence-electron chi connectivity index (χ2n) is 4.46. The number of aromatic nitrogens is 2. The largest absolute Gasteiger partial charge is 0.496 e. The number of aromatic amines is 1. The van der Waals surface area contributed by atoms with Gasteiger partial charge in [-0.25, -0.2) is 0 Å². The molecule has 0 fully saturated rings. The zero-order valence-electron chi connectivity index (χ0n) is 11.6. The Morgan fingerprint density at radius 2 is 2.05 bits per heavy atom. The van der Waals surface area contributed by atoms with E-state index in [1.165, 1.54) is 5.56 Å². The Morgan fingerprint density at radius 3 is 2.68 bits per heavy atom. The zero-order chi connectivity index (χ0) is 14.0. The van der Waals surface area contributed by atoms with Gasteiger partial charge in [-0.1, -0.05) is 0 Å². The Kier molecular flexibility index (Phi) is 4.27. The van der Waals surface area contributed by atoms with Crippen LogP contribution in [-0.2, 0) is 6.54 Å². The quantitative estimate of drug-likeness (QED) is 0.908. The Balaban J connectivity index is 2.51. The molecule has 0 spiro atoms. The van der Waals surface area contributed by atoms with Crippen LogP contribution >= 0.6 is 15.9 Å². The van der Waals surface area contributed by atoms with Gasteiger partial charge >= 0.3 is 0 Å². The first-order chi connectivity index (χ1) is 9.10. The third-order valence-electron chi connectivity index (χ3n) is 3.34. The molecule has 1 aromatic heterocycles. The lowest BCUT2D eigenvalue weighted by Crippen LogP contribution is -2.05. The summed E-state index contributed by atoms with van der Waals surface area (Å²) in [5, 5.41) is 10.6. The molecular formula is C14H18BrN3O. The smallest absolute Gasteiger partial charge is 0.122 e. The van der Waals surface area contributed by atoms with E-state index in [1.54, 1.807) is 7.11 Å². The maximum absolute atomic E-state index is 5.34. The van der Waals surface area contributed by atoms with Crippen LogP contribution in [0.25, 0.3) is 11.3 Å². The summed E-state index contributed by atoms with van der Waals surface area (Å²) < 4.78 is 6.35. The number of nitrogens with one attached hydrogen (secondary N) is 2. The summed E-state index contributed by atoms with van der Waals surface area (Å²) in [6.07, 6.45) is 0. The van der Waals surface area contributed by atoms with E-state index in [-0.39, 0.29) is 0 Å². The minimum absolute atomic E-state index is 0.752. The average molecular weight is 324 g/mol. The molecule has 0 saturated carbocycles. The van der Waals surface area contributed by atoms with Gasteiger partial charge in [-0.2, -0.15) is 5.10 Å². The monoisotopic (exact) mass is 323 g/mol. The van der Waals surface area contributed by atoms with Crippen molar-refractivity contribution in [3.05, 3.63) is 33.4 Å². The fourth-order valence-corrected chi connectivity index (χ4v) is 2.64. The second-order valence-corrected chi connectivity index (χ2v) is 5.25. The van der Waals surface area contributed by atoms with Gasteiger partial charge in [-0.3, -0.25) is 5.10 Å². The molecule has 0 bridgehead atoms. The number of halogens is 1. The van der Waals surface area contributed by atoms with E-state index in [1.807, 2.05) is 19.2 Å². The number of hydrogen-bond acceptors (Lipinski definition) is 3. The number of methoxy groups -OCH3 is 1. The number of benzene rings is 1. The van der Waals surface area contributed by atoms with E-state index in [9.17, 15) is 0 Å². The molecule has 0 unspecified atom stereocenters. The summed E-state index contributed by atoms with van der Waals surface area (Å²) in [5.74, 6) is 0.906. The molecule has 2 aromatic rings. The van der Waals surface area contributed by atoms with Gasteiger partial charge in [0, 0.05) is 12.1 Å². The summed E-state index contributed by atoms with van der Waals surface area (Å²) in [5.41, 5.74) is 5.43. The minimum atomic E-state index is 0.752. The SMILES string of the molecule is CNCc1[nH]nc(-c2ccc(OC)c(C)c2C)c1Br. The summed E-state index contributed by atoms with van der Waals surface area (Å²) in [4.78, 5) is 0. The molecule has 2 rings (SSSR count). The van der Waals surface area contributed by atoms with Crippen molar-refractivity contribution in [3.63, 3.8) is 0 Å². The van der Waals surface area contributed by atoms with Crippen LogP contribution in [0.2, 0.25) is 0 Å². The predicted molar refractivity (Wildman–Crippen MR) is 80.5 cm³/mol. The highest BCUT2D eigenvalue weighted by Gasteiger charge is 2.16. The van der Waals surface area contributed by atoms with Crippen molar-refractivity contribution in [2.45, 2.75) is 20.4 Å². The molecule has 1 aromatic carbocycles. The van der Waals surface area contributed by atoms with Crippen LogP contribution in [0.15, 0.2) is 16.6 Å². The topological polar surface area (TPSA) is 49.9 Å². The molecule has 1 heterocycles. The second kappa shape index (κ2) is 5.75. The fourth-order valence-electron chi connectivity index (χ4n) is 2.11. The van der Waals surface area contributed by atoms with Crippen LogP contribution in [0.3, 0.4) is 0 Å². The van der Waals surface area contributed by atoms with Gasteiger partial charge in [-0.15, -0.1) is 0 Å². The fraction of sp³-hybridized carbons (Fsp3) is 0.357. The lowest BCUT2D eigenvalue weighted by Gasteiger charge is -2.11. The molecule has 0 amide bonds. The van der Waals surface area contributed by atoms with Gasteiger partial charge in [-0.05, 0) is 60.1 Å². The summed E-state index contributed by atoms with van der Waals surface area (Å²) >= 11 is 3.62. The minimum Gasteiger partial charge on any atom is -0.496 e. The molecule has 5 heteroatoms. The molecule has 0 saturated heterocycles. The predicted octanol–water partition coefficient (Wildman–Crippen LogP) is 3.18. The van der Waals surface area contributed by atoms with Crippen molar-refractivity contribution in [1.29, 1.82) is 0 Å². The van der Waals surface area contributed by atoms with Gasteiger partial charge < -0.3 is 10.1 Å². The van der Waals surface area contributed by atoms with Gasteiger partial charge in [0.15, 0.2) is 0 Å². The summed E-state index contributed by atoms with van der Waals surface area (Å²) in [7, 11) is 3.60. The van der Waals surface area contributed by atoms with E-state index >= 15 is 0 Å². The normalized spacial score (nSPS) is 10.8. The molecular weight excluding hydrogens is 306 g/mol. The number of rotatable bonds is 4. The van der Waals surface area contributed by atoms with E-state index in [2.05, 4.69) is 45.3 Å². The first kappa shape index (κ1) is 14.1. The molecule has 102 valence electrons. The van der Waals surface area contributed by atoms with Crippen LogP contribution in [0.5, 0.6) is 5.75 Å². The third kappa shape index (κ3) is 2.53. The van der Waals surface area contributed by atoms with Crippen molar-refractivity contribution in [1.82, 2.24) is 15.5 Å². The molecule has 0 aliphatic heterocycles. The molecule has 0 atom stereocenters. The van der Waals surface area contributed by atoms with E-state index in [4.69, 9.17) is 4.74 Å². The van der Waals surface area contributed by atoms with Gasteiger partial charge in [0.2, 0.25) is 0 Å². The van der Waals surface area contributed by atoms with Crippen molar-refractivity contribution in [2.24, 2.45) is 0 Å². The van der Waals surface area contributed by atoms with Crippen molar-refractivity contribution >= 4 is 15.9 Å². The molecule has 19 heavy (non-hydrogen) atoms. The van der Waals surface area contributed by atoms with E-state index in [0.717, 1.165) is 39.3 Å². The Labute approximate surface area is 121 Å². The lowest BCUT2D eigenvalue weighted by molar-refractivity contribution is 0.411. The standard InChI is InChI=1S/C14H18BrN3O/c1-8-9(2)12(19-4)6-5-10(8)14-13(15)11(7-16-3)17-18-14/h5-6,16H,7H2,1-4H3,(H,17,18).